The van der Waals surface area contributed by atoms with Gasteiger partial charge < -0.3 is 5.73 Å². The number of nitrogens with zero attached hydrogens (tertiary/aromatic N) is 1. The third kappa shape index (κ3) is 3.09. The maximum absolute atomic E-state index is 11.9. The summed E-state index contributed by atoms with van der Waals surface area (Å²) in [5, 5.41) is 0. The van der Waals surface area contributed by atoms with E-state index in [-0.39, 0.29) is 11.8 Å². The van der Waals surface area contributed by atoms with E-state index in [4.69, 9.17) is 5.73 Å². The van der Waals surface area contributed by atoms with E-state index < -0.39 is 0 Å². The van der Waals surface area contributed by atoms with Crippen molar-refractivity contribution in [3.05, 3.63) is 29.8 Å². The van der Waals surface area contributed by atoms with Crippen LogP contribution in [0.3, 0.4) is 0 Å². The van der Waals surface area contributed by atoms with Crippen LogP contribution in [0, 0.1) is 0 Å². The second kappa shape index (κ2) is 5.67. The summed E-state index contributed by atoms with van der Waals surface area (Å²) in [5.74, 6) is -0.0833. The number of nitrogen functional groups attached to an aromatic ring is 1. The highest BCUT2D eigenvalue weighted by Crippen LogP contribution is 2.13. The second-order valence-electron chi connectivity index (χ2n) is 4.64. The number of carbonyl (C=O) groups excluding carboxylic acids is 2. The summed E-state index contributed by atoms with van der Waals surface area (Å²) in [7, 11) is 0. The molecule has 1 saturated heterocycles. The summed E-state index contributed by atoms with van der Waals surface area (Å²) in [5.41, 5.74) is 7.39. The van der Waals surface area contributed by atoms with Crippen LogP contribution in [-0.2, 0) is 16.0 Å². The van der Waals surface area contributed by atoms with Crippen LogP contribution in [0.15, 0.2) is 24.3 Å². The van der Waals surface area contributed by atoms with E-state index in [9.17, 15) is 9.59 Å². The quantitative estimate of drug-likeness (QED) is 0.826. The Bertz CT molecular complexity index is 440. The van der Waals surface area contributed by atoms with Crippen molar-refractivity contribution in [2.24, 2.45) is 0 Å². The Hall–Kier alpha value is -1.84. The first-order valence-electron chi connectivity index (χ1n) is 6.34. The molecule has 1 heterocycles. The van der Waals surface area contributed by atoms with E-state index in [1.165, 1.54) is 4.90 Å². The first-order valence-corrected chi connectivity index (χ1v) is 6.34. The standard InChI is InChI=1S/C14H18N2O2/c15-12-7-4-11(5-8-12)6-9-14(18)16-10-2-1-3-13(16)17/h4-5,7-8H,1-3,6,9-10,15H2. The Kier molecular flexibility index (Phi) is 3.97. The summed E-state index contributed by atoms with van der Waals surface area (Å²) >= 11 is 0. The van der Waals surface area contributed by atoms with Crippen molar-refractivity contribution in [1.82, 2.24) is 4.90 Å². The lowest BCUT2D eigenvalue weighted by Gasteiger charge is -2.24. The van der Waals surface area contributed by atoms with Crippen LogP contribution in [0.4, 0.5) is 5.69 Å². The molecule has 18 heavy (non-hydrogen) atoms. The molecule has 4 nitrogen and oxygen atoms in total. The summed E-state index contributed by atoms with van der Waals surface area (Å²) < 4.78 is 0. The molecule has 1 fully saturated rings. The molecule has 2 N–H and O–H groups in total. The van der Waals surface area contributed by atoms with Gasteiger partial charge in [0, 0.05) is 25.1 Å². The highest BCUT2D eigenvalue weighted by molar-refractivity contribution is 5.95. The molecular weight excluding hydrogens is 228 g/mol. The number of hydrogen-bond donors (Lipinski definition) is 1. The number of imide groups is 1. The number of benzene rings is 1. The van der Waals surface area contributed by atoms with Gasteiger partial charge in [-0.25, -0.2) is 0 Å². The van der Waals surface area contributed by atoms with Gasteiger partial charge in [0.2, 0.25) is 11.8 Å². The van der Waals surface area contributed by atoms with Crippen molar-refractivity contribution in [2.45, 2.75) is 32.1 Å². The summed E-state index contributed by atoms with van der Waals surface area (Å²) in [4.78, 5) is 24.9. The lowest BCUT2D eigenvalue weighted by atomic mass is 10.1. The van der Waals surface area contributed by atoms with Crippen LogP contribution in [0.25, 0.3) is 0 Å². The third-order valence-corrected chi connectivity index (χ3v) is 3.23. The van der Waals surface area contributed by atoms with Gasteiger partial charge in [-0.15, -0.1) is 0 Å². The molecule has 1 aromatic rings. The molecule has 0 atom stereocenters. The molecule has 0 saturated carbocycles. The second-order valence-corrected chi connectivity index (χ2v) is 4.64. The molecular formula is C14H18N2O2. The van der Waals surface area contributed by atoms with E-state index in [1.807, 2.05) is 24.3 Å². The predicted octanol–water partition coefficient (Wildman–Crippen LogP) is 1.74. The maximum Gasteiger partial charge on any atom is 0.229 e. The number of nitrogens with two attached hydrogens (primary N) is 1. The Labute approximate surface area is 107 Å². The van der Waals surface area contributed by atoms with E-state index in [2.05, 4.69) is 0 Å². The van der Waals surface area contributed by atoms with Crippen molar-refractivity contribution < 1.29 is 9.59 Å². The third-order valence-electron chi connectivity index (χ3n) is 3.23. The van der Waals surface area contributed by atoms with Crippen LogP contribution in [0.1, 0.15) is 31.2 Å². The Morgan fingerprint density at radius 3 is 2.61 bits per heavy atom. The topological polar surface area (TPSA) is 63.4 Å². The van der Waals surface area contributed by atoms with Gasteiger partial charge in [-0.3, -0.25) is 14.5 Å². The minimum absolute atomic E-state index is 0.0245. The first kappa shape index (κ1) is 12.6. The SMILES string of the molecule is Nc1ccc(CCC(=O)N2CCCCC2=O)cc1. The molecule has 2 rings (SSSR count). The van der Waals surface area contributed by atoms with Gasteiger partial charge in [-0.1, -0.05) is 12.1 Å². The molecule has 0 bridgehead atoms. The van der Waals surface area contributed by atoms with Crippen molar-refractivity contribution in [3.63, 3.8) is 0 Å². The normalized spacial score (nSPS) is 15.8. The van der Waals surface area contributed by atoms with Gasteiger partial charge >= 0.3 is 0 Å². The van der Waals surface area contributed by atoms with E-state index >= 15 is 0 Å². The fourth-order valence-corrected chi connectivity index (χ4v) is 2.14. The largest absolute Gasteiger partial charge is 0.399 e. The fraction of sp³-hybridized carbons (Fsp3) is 0.429. The molecule has 1 aliphatic heterocycles. The first-order chi connectivity index (χ1) is 8.66. The van der Waals surface area contributed by atoms with Crippen LogP contribution < -0.4 is 5.73 Å². The molecule has 0 aromatic heterocycles. The van der Waals surface area contributed by atoms with E-state index in [1.54, 1.807) is 0 Å². The van der Waals surface area contributed by atoms with E-state index in [0.29, 0.717) is 25.8 Å². The number of hydrogen-bond acceptors (Lipinski definition) is 3. The lowest BCUT2D eigenvalue weighted by Crippen LogP contribution is -2.40. The molecule has 1 aromatic carbocycles. The summed E-state index contributed by atoms with van der Waals surface area (Å²) in [6.07, 6.45) is 3.38. The molecule has 0 radical (unpaired) electrons. The van der Waals surface area contributed by atoms with Gasteiger partial charge in [0.15, 0.2) is 0 Å². The smallest absolute Gasteiger partial charge is 0.229 e. The average molecular weight is 246 g/mol. The number of anilines is 1. The van der Waals surface area contributed by atoms with Gasteiger partial charge in [-0.05, 0) is 37.0 Å². The van der Waals surface area contributed by atoms with Crippen molar-refractivity contribution in [3.8, 4) is 0 Å². The molecule has 4 heteroatoms. The van der Waals surface area contributed by atoms with Crippen molar-refractivity contribution in [2.75, 3.05) is 12.3 Å². The van der Waals surface area contributed by atoms with Gasteiger partial charge in [0.1, 0.15) is 0 Å². The zero-order valence-corrected chi connectivity index (χ0v) is 10.4. The highest BCUT2D eigenvalue weighted by atomic mass is 16.2. The maximum atomic E-state index is 11.9. The monoisotopic (exact) mass is 246 g/mol. The number of aryl methyl sites for hydroxylation is 1. The number of amides is 2. The van der Waals surface area contributed by atoms with Crippen LogP contribution in [0.5, 0.6) is 0 Å². The summed E-state index contributed by atoms with van der Waals surface area (Å²) in [6, 6.07) is 7.49. The van der Waals surface area contributed by atoms with Gasteiger partial charge in [0.05, 0.1) is 0 Å². The van der Waals surface area contributed by atoms with Gasteiger partial charge in [0.25, 0.3) is 0 Å². The molecule has 0 unspecified atom stereocenters. The highest BCUT2D eigenvalue weighted by Gasteiger charge is 2.23. The molecule has 0 aliphatic carbocycles. The summed E-state index contributed by atoms with van der Waals surface area (Å²) in [6.45, 7) is 0.583. The zero-order valence-electron chi connectivity index (χ0n) is 10.4. The molecule has 96 valence electrons. The van der Waals surface area contributed by atoms with Crippen LogP contribution in [0.2, 0.25) is 0 Å². The molecule has 2 amide bonds. The zero-order chi connectivity index (χ0) is 13.0. The van der Waals surface area contributed by atoms with Gasteiger partial charge in [-0.2, -0.15) is 0 Å². The number of carbonyl (C=O) groups is 2. The fourth-order valence-electron chi connectivity index (χ4n) is 2.14. The molecule has 0 spiro atoms. The van der Waals surface area contributed by atoms with Crippen LogP contribution in [-0.4, -0.2) is 23.3 Å². The van der Waals surface area contributed by atoms with Crippen molar-refractivity contribution >= 4 is 17.5 Å². The Morgan fingerprint density at radius 2 is 1.94 bits per heavy atom. The minimum atomic E-state index is -0.0588. The number of piperidine rings is 1. The lowest BCUT2D eigenvalue weighted by molar-refractivity contribution is -0.146. The average Bonchev–Trinajstić information content (AvgIpc) is 2.38. The van der Waals surface area contributed by atoms with Crippen LogP contribution >= 0.6 is 0 Å². The molecule has 1 aliphatic rings. The Morgan fingerprint density at radius 1 is 1.22 bits per heavy atom. The minimum Gasteiger partial charge on any atom is -0.399 e. The predicted molar refractivity (Wildman–Crippen MR) is 69.7 cm³/mol. The number of rotatable bonds is 3. The van der Waals surface area contributed by atoms with Crippen molar-refractivity contribution in [1.29, 1.82) is 0 Å². The Balaban J connectivity index is 1.87. The van der Waals surface area contributed by atoms with E-state index in [0.717, 1.165) is 24.1 Å². The number of likely N-dealkylation sites (tertiary alicyclic amines) is 1.